The van der Waals surface area contributed by atoms with Gasteiger partial charge in [-0.1, -0.05) is 0 Å². The molecular weight excluding hydrogens is 251 g/mol. The predicted octanol–water partition coefficient (Wildman–Crippen LogP) is 0.157. The molecule has 0 N–H and O–H groups in total. The van der Waals surface area contributed by atoms with Crippen molar-refractivity contribution in [3.05, 3.63) is 0 Å². The third kappa shape index (κ3) is 1790. The van der Waals surface area contributed by atoms with Crippen LogP contribution in [0.2, 0.25) is 0 Å². The van der Waals surface area contributed by atoms with Crippen LogP contribution in [0.5, 0.6) is 0 Å². The van der Waals surface area contributed by atoms with E-state index in [2.05, 4.69) is 25.3 Å². The zero-order valence-electron chi connectivity index (χ0n) is 4.95. The van der Waals surface area contributed by atoms with Gasteiger partial charge in [0.25, 0.3) is 0 Å². The van der Waals surface area contributed by atoms with Crippen LogP contribution in [0.25, 0.3) is 0 Å². The van der Waals surface area contributed by atoms with Gasteiger partial charge in [0.1, 0.15) is 0 Å². The van der Waals surface area contributed by atoms with E-state index in [9.17, 15) is 9.59 Å². The largest absolute Gasteiger partial charge is 2.00 e. The van der Waals surface area contributed by atoms with Gasteiger partial charge < -0.3 is 34.8 Å². The first kappa shape index (κ1) is 16.2. The van der Waals surface area contributed by atoms with Crippen molar-refractivity contribution in [3.63, 3.8) is 0 Å². The molecule has 56 valence electrons. The Hall–Kier alpha value is 0.442. The summed E-state index contributed by atoms with van der Waals surface area (Å²) in [6.45, 7) is 2.69. The summed E-state index contributed by atoms with van der Waals surface area (Å²) in [7, 11) is 0. The summed E-state index contributed by atoms with van der Waals surface area (Å²) in [5, 5.41) is -0.500. The molecule has 0 aliphatic heterocycles. The molecule has 0 rings (SSSR count). The van der Waals surface area contributed by atoms with Crippen LogP contribution >= 0.6 is 0 Å². The zero-order valence-corrected chi connectivity index (χ0v) is 8.14. The molecule has 0 spiro atoms. The van der Waals surface area contributed by atoms with Crippen molar-refractivity contribution < 1.29 is 30.0 Å². The summed E-state index contributed by atoms with van der Waals surface area (Å²) in [5.41, 5.74) is 0. The fourth-order valence-corrected chi connectivity index (χ4v) is 0. The number of rotatable bonds is 0. The summed E-state index contributed by atoms with van der Waals surface area (Å²) in [4.78, 5) is 18.5. The predicted molar refractivity (Wildman–Crippen MR) is 36.1 cm³/mol. The fraction of sp³-hybridized carbons (Fsp3) is 0.500. The van der Waals surface area contributed by atoms with Gasteiger partial charge in [-0.2, -0.15) is 0 Å². The van der Waals surface area contributed by atoms with Gasteiger partial charge in [0.05, 0.1) is 0 Å². The molecule has 0 unspecified atom stereocenters. The Morgan fingerprint density at radius 1 is 1.00 bits per heavy atom. The van der Waals surface area contributed by atoms with E-state index < -0.39 is 0 Å². The van der Waals surface area contributed by atoms with Crippen LogP contribution in [-0.2, 0) is 55.3 Å². The molecule has 2 nitrogen and oxygen atoms in total. The maximum Gasteiger partial charge on any atom is 2.00 e. The number of hydrogen-bond acceptors (Lipinski definition) is 4. The van der Waals surface area contributed by atoms with E-state index in [1.807, 2.05) is 0 Å². The van der Waals surface area contributed by atoms with Crippen LogP contribution in [0.1, 0.15) is 13.8 Å². The second-order valence-electron chi connectivity index (χ2n) is 0.983. The van der Waals surface area contributed by atoms with Crippen molar-refractivity contribution in [1.29, 1.82) is 0 Å². The Balaban J connectivity index is -0.0000000720. The first-order valence-electron chi connectivity index (χ1n) is 1.82. The van der Waals surface area contributed by atoms with Gasteiger partial charge in [-0.25, -0.2) is 0 Å². The summed E-state index contributed by atoms with van der Waals surface area (Å²) in [6.07, 6.45) is 0. The third-order valence-corrected chi connectivity index (χ3v) is 0. The molecule has 0 heterocycles. The van der Waals surface area contributed by atoms with Gasteiger partial charge in [0.2, 0.25) is 0 Å². The maximum absolute atomic E-state index is 9.26. The van der Waals surface area contributed by atoms with Crippen LogP contribution in [-0.4, -0.2) is 10.2 Å². The molecule has 0 aromatic rings. The molecule has 0 atom stereocenters. The van der Waals surface area contributed by atoms with Crippen LogP contribution < -0.4 is 0 Å². The van der Waals surface area contributed by atoms with Gasteiger partial charge in [-0.3, -0.25) is 0 Å². The quantitative estimate of drug-likeness (QED) is 0.457. The molecule has 0 bridgehead atoms. The molecule has 0 saturated heterocycles. The third-order valence-electron chi connectivity index (χ3n) is 0. The second kappa shape index (κ2) is 11.3. The Labute approximate surface area is 79.3 Å². The summed E-state index contributed by atoms with van der Waals surface area (Å²) in [5.74, 6) is 0. The summed E-state index contributed by atoms with van der Waals surface area (Å²) in [6, 6.07) is 0. The first-order chi connectivity index (χ1) is 3.46. The van der Waals surface area contributed by atoms with Crippen molar-refractivity contribution in [2.75, 3.05) is 0 Å². The van der Waals surface area contributed by atoms with E-state index >= 15 is 0 Å². The van der Waals surface area contributed by atoms with Crippen molar-refractivity contribution in [2.24, 2.45) is 0 Å². The molecule has 0 saturated carbocycles. The smallest absolute Gasteiger partial charge is 0.742 e. The molecule has 5 heteroatoms. The molecule has 0 aromatic heterocycles. The Kier molecular flexibility index (Phi) is 20.3. The van der Waals surface area contributed by atoms with Gasteiger partial charge in [0, 0.05) is 10.2 Å². The second-order valence-corrected chi connectivity index (χ2v) is 2.13. The topological polar surface area (TPSA) is 34.1 Å². The van der Waals surface area contributed by atoms with Crippen LogP contribution in [0.15, 0.2) is 0 Å². The van der Waals surface area contributed by atoms with Crippen molar-refractivity contribution in [1.82, 2.24) is 0 Å². The molecule has 0 amide bonds. The SMILES string of the molecule is CC(=O)[S-].CC(=O)[S-].[Pd+2]. The van der Waals surface area contributed by atoms with Gasteiger partial charge in [-0.15, -0.1) is 0 Å². The van der Waals surface area contributed by atoms with Gasteiger partial charge in [0.15, 0.2) is 0 Å². The fourth-order valence-electron chi connectivity index (χ4n) is 0. The van der Waals surface area contributed by atoms with Crippen LogP contribution in [0.4, 0.5) is 0 Å². The summed E-state index contributed by atoms with van der Waals surface area (Å²) < 4.78 is 0. The minimum Gasteiger partial charge on any atom is -0.742 e. The van der Waals surface area contributed by atoms with E-state index in [4.69, 9.17) is 0 Å². The molecule has 0 aliphatic rings. The van der Waals surface area contributed by atoms with Gasteiger partial charge in [-0.05, 0) is 13.8 Å². The Morgan fingerprint density at radius 2 is 1.00 bits per heavy atom. The normalized spacial score (nSPS) is 5.56. The number of carbonyl (C=O) groups excluding carboxylic acids is 2. The summed E-state index contributed by atoms with van der Waals surface area (Å²) >= 11 is 7.96. The molecule has 0 radical (unpaired) electrons. The Bertz CT molecular complexity index is 74.6. The standard InChI is InChI=1S/2C2H4OS.Pd/c2*1-2(3)4;/h2*1H3,(H,3,4);/q;;+2/p-2. The van der Waals surface area contributed by atoms with E-state index in [-0.39, 0.29) is 30.7 Å². The molecular formula is C4H6O2PdS2. The van der Waals surface area contributed by atoms with Gasteiger partial charge >= 0.3 is 20.4 Å². The Morgan fingerprint density at radius 3 is 1.00 bits per heavy atom. The maximum atomic E-state index is 9.26. The molecule has 0 aromatic carbocycles. The average Bonchev–Trinajstić information content (AvgIpc) is 1.25. The van der Waals surface area contributed by atoms with E-state index in [0.29, 0.717) is 0 Å². The first-order valence-corrected chi connectivity index (χ1v) is 2.63. The van der Waals surface area contributed by atoms with E-state index in [1.165, 1.54) is 13.8 Å². The molecule has 9 heavy (non-hydrogen) atoms. The van der Waals surface area contributed by atoms with E-state index in [1.54, 1.807) is 0 Å². The van der Waals surface area contributed by atoms with Crippen LogP contribution in [0.3, 0.4) is 0 Å². The van der Waals surface area contributed by atoms with Crippen molar-refractivity contribution in [2.45, 2.75) is 13.8 Å². The number of carbonyl (C=O) groups is 2. The molecule has 0 aliphatic carbocycles. The van der Waals surface area contributed by atoms with E-state index in [0.717, 1.165) is 0 Å². The minimum absolute atomic E-state index is 0. The number of hydrogen-bond donors (Lipinski definition) is 0. The van der Waals surface area contributed by atoms with Crippen molar-refractivity contribution in [3.8, 4) is 0 Å². The van der Waals surface area contributed by atoms with Crippen molar-refractivity contribution >= 4 is 35.5 Å². The molecule has 0 fully saturated rings. The monoisotopic (exact) mass is 256 g/mol. The van der Waals surface area contributed by atoms with Crippen LogP contribution in [0, 0.1) is 0 Å². The zero-order chi connectivity index (χ0) is 7.15. The minimum atomic E-state index is -0.250. The average molecular weight is 257 g/mol.